The third-order valence-corrected chi connectivity index (χ3v) is 5.57. The topological polar surface area (TPSA) is 115 Å². The van der Waals surface area contributed by atoms with E-state index in [2.05, 4.69) is 10.6 Å². The van der Waals surface area contributed by atoms with Crippen molar-refractivity contribution in [2.75, 3.05) is 5.32 Å². The Balaban J connectivity index is 1.62. The van der Waals surface area contributed by atoms with E-state index < -0.39 is 29.6 Å². The van der Waals surface area contributed by atoms with E-state index in [1.807, 2.05) is 26.0 Å². The molecule has 0 saturated carbocycles. The van der Waals surface area contributed by atoms with Crippen LogP contribution in [0.25, 0.3) is 10.9 Å². The van der Waals surface area contributed by atoms with E-state index in [0.717, 1.165) is 15.7 Å². The van der Waals surface area contributed by atoms with Crippen LogP contribution in [0.5, 0.6) is 0 Å². The molecule has 0 saturated heterocycles. The van der Waals surface area contributed by atoms with Gasteiger partial charge in [0, 0.05) is 5.69 Å². The SMILES string of the molecule is Cc1ccc(NC(=O)Cn2c(=O)n(CC(=O)NCc3ccco3)c(=O)c3ccccc32)cc1C. The number of hydrogen-bond acceptors (Lipinski definition) is 5. The molecule has 34 heavy (non-hydrogen) atoms. The summed E-state index contributed by atoms with van der Waals surface area (Å²) in [5, 5.41) is 5.64. The van der Waals surface area contributed by atoms with E-state index in [-0.39, 0.29) is 18.5 Å². The van der Waals surface area contributed by atoms with E-state index in [1.54, 1.807) is 42.5 Å². The van der Waals surface area contributed by atoms with Gasteiger partial charge in [-0.3, -0.25) is 23.5 Å². The molecule has 2 aromatic carbocycles. The first kappa shape index (κ1) is 22.8. The number of para-hydroxylation sites is 1. The molecule has 0 atom stereocenters. The molecule has 2 heterocycles. The van der Waals surface area contributed by atoms with Crippen molar-refractivity contribution in [3.05, 3.63) is 98.6 Å². The molecule has 4 aromatic rings. The summed E-state index contributed by atoms with van der Waals surface area (Å²) in [5.74, 6) is -0.417. The Morgan fingerprint density at radius 3 is 2.38 bits per heavy atom. The highest BCUT2D eigenvalue weighted by Crippen LogP contribution is 2.14. The maximum atomic E-state index is 13.2. The average molecular weight is 460 g/mol. The molecule has 0 bridgehead atoms. The largest absolute Gasteiger partial charge is 0.467 e. The Labute approximate surface area is 194 Å². The number of benzene rings is 2. The molecular formula is C25H24N4O5. The van der Waals surface area contributed by atoms with Crippen molar-refractivity contribution in [3.8, 4) is 0 Å². The summed E-state index contributed by atoms with van der Waals surface area (Å²) in [7, 11) is 0. The standard InChI is InChI=1S/C25H24N4O5/c1-16-9-10-18(12-17(16)2)27-23(31)15-28-21-8-4-3-7-20(21)24(32)29(25(28)33)14-22(30)26-13-19-6-5-11-34-19/h3-12H,13-15H2,1-2H3,(H,26,30)(H,27,31). The molecule has 0 aliphatic rings. The first-order valence-electron chi connectivity index (χ1n) is 10.7. The quantitative estimate of drug-likeness (QED) is 0.439. The number of nitrogens with one attached hydrogen (secondary N) is 2. The van der Waals surface area contributed by atoms with Crippen LogP contribution in [0.2, 0.25) is 0 Å². The minimum atomic E-state index is -0.743. The number of furan rings is 1. The number of aromatic nitrogens is 2. The predicted octanol–water partition coefficient (Wildman–Crippen LogP) is 2.33. The van der Waals surface area contributed by atoms with Gasteiger partial charge in [-0.2, -0.15) is 0 Å². The Morgan fingerprint density at radius 1 is 0.882 bits per heavy atom. The summed E-state index contributed by atoms with van der Waals surface area (Å²) in [6.07, 6.45) is 1.48. The zero-order chi connectivity index (χ0) is 24.2. The van der Waals surface area contributed by atoms with Crippen LogP contribution in [-0.2, 0) is 29.2 Å². The Kier molecular flexibility index (Phi) is 6.44. The monoisotopic (exact) mass is 460 g/mol. The minimum absolute atomic E-state index is 0.126. The van der Waals surface area contributed by atoms with Crippen LogP contribution in [0, 0.1) is 13.8 Å². The molecule has 0 fully saturated rings. The Morgan fingerprint density at radius 2 is 1.65 bits per heavy atom. The zero-order valence-corrected chi connectivity index (χ0v) is 18.8. The number of rotatable bonds is 7. The maximum absolute atomic E-state index is 13.2. The lowest BCUT2D eigenvalue weighted by Gasteiger charge is -2.14. The molecule has 2 N–H and O–H groups in total. The number of carbonyl (C=O) groups is 2. The second-order valence-electron chi connectivity index (χ2n) is 7.98. The van der Waals surface area contributed by atoms with E-state index >= 15 is 0 Å². The van der Waals surface area contributed by atoms with Crippen molar-refractivity contribution in [2.24, 2.45) is 0 Å². The van der Waals surface area contributed by atoms with Crippen molar-refractivity contribution in [3.63, 3.8) is 0 Å². The fourth-order valence-corrected chi connectivity index (χ4v) is 3.62. The third kappa shape index (κ3) is 4.83. The Hall–Kier alpha value is -4.40. The highest BCUT2D eigenvalue weighted by atomic mass is 16.3. The third-order valence-electron chi connectivity index (χ3n) is 5.57. The molecule has 0 unspecified atom stereocenters. The summed E-state index contributed by atoms with van der Waals surface area (Å²) in [6, 6.07) is 15.4. The maximum Gasteiger partial charge on any atom is 0.332 e. The summed E-state index contributed by atoms with van der Waals surface area (Å²) in [5.41, 5.74) is 1.70. The first-order chi connectivity index (χ1) is 16.3. The summed E-state index contributed by atoms with van der Waals surface area (Å²) in [4.78, 5) is 51.4. The van der Waals surface area contributed by atoms with Gasteiger partial charge in [-0.1, -0.05) is 18.2 Å². The lowest BCUT2D eigenvalue weighted by atomic mass is 10.1. The molecule has 2 aromatic heterocycles. The molecule has 0 spiro atoms. The van der Waals surface area contributed by atoms with Crippen molar-refractivity contribution in [1.82, 2.24) is 14.5 Å². The molecule has 9 heteroatoms. The van der Waals surface area contributed by atoms with Crippen LogP contribution >= 0.6 is 0 Å². The molecule has 2 amide bonds. The molecule has 0 aliphatic heterocycles. The summed E-state index contributed by atoms with van der Waals surface area (Å²) < 4.78 is 7.21. The fraction of sp³-hybridized carbons (Fsp3) is 0.200. The molecule has 0 aliphatic carbocycles. The minimum Gasteiger partial charge on any atom is -0.467 e. The van der Waals surface area contributed by atoms with Crippen LogP contribution in [0.4, 0.5) is 5.69 Å². The number of amides is 2. The van der Waals surface area contributed by atoms with Gasteiger partial charge in [0.25, 0.3) is 5.56 Å². The van der Waals surface area contributed by atoms with Crippen molar-refractivity contribution in [2.45, 2.75) is 33.5 Å². The lowest BCUT2D eigenvalue weighted by molar-refractivity contribution is -0.122. The number of nitrogens with zero attached hydrogens (tertiary/aromatic N) is 2. The Bertz CT molecular complexity index is 1480. The number of anilines is 1. The van der Waals surface area contributed by atoms with E-state index in [4.69, 9.17) is 4.42 Å². The molecule has 4 rings (SSSR count). The van der Waals surface area contributed by atoms with Gasteiger partial charge in [-0.15, -0.1) is 0 Å². The summed E-state index contributed by atoms with van der Waals surface area (Å²) in [6.45, 7) is 3.24. The molecule has 0 radical (unpaired) electrons. The summed E-state index contributed by atoms with van der Waals surface area (Å²) >= 11 is 0. The van der Waals surface area contributed by atoms with Crippen molar-refractivity contribution in [1.29, 1.82) is 0 Å². The first-order valence-corrected chi connectivity index (χ1v) is 10.7. The van der Waals surface area contributed by atoms with Crippen LogP contribution < -0.4 is 21.9 Å². The van der Waals surface area contributed by atoms with E-state index in [1.165, 1.54) is 10.8 Å². The second-order valence-corrected chi connectivity index (χ2v) is 7.98. The van der Waals surface area contributed by atoms with Gasteiger partial charge in [-0.05, 0) is 61.4 Å². The predicted molar refractivity (Wildman–Crippen MR) is 128 cm³/mol. The fourth-order valence-electron chi connectivity index (χ4n) is 3.62. The smallest absolute Gasteiger partial charge is 0.332 e. The zero-order valence-electron chi connectivity index (χ0n) is 18.8. The van der Waals surface area contributed by atoms with Crippen molar-refractivity contribution < 1.29 is 14.0 Å². The number of fused-ring (bicyclic) bond motifs is 1. The average Bonchev–Trinajstić information content (AvgIpc) is 3.34. The van der Waals surface area contributed by atoms with Gasteiger partial charge < -0.3 is 15.1 Å². The van der Waals surface area contributed by atoms with Gasteiger partial charge in [0.05, 0.1) is 23.7 Å². The highest BCUT2D eigenvalue weighted by Gasteiger charge is 2.17. The van der Waals surface area contributed by atoms with Crippen molar-refractivity contribution >= 4 is 28.4 Å². The van der Waals surface area contributed by atoms with Crippen LogP contribution in [0.1, 0.15) is 16.9 Å². The van der Waals surface area contributed by atoms with Gasteiger partial charge in [0.15, 0.2) is 0 Å². The van der Waals surface area contributed by atoms with Gasteiger partial charge in [-0.25, -0.2) is 4.79 Å². The lowest BCUT2D eigenvalue weighted by Crippen LogP contribution is -2.44. The van der Waals surface area contributed by atoms with E-state index in [0.29, 0.717) is 17.0 Å². The van der Waals surface area contributed by atoms with Gasteiger partial charge in [0.1, 0.15) is 18.8 Å². The number of carbonyl (C=O) groups excluding carboxylic acids is 2. The number of aryl methyl sites for hydroxylation is 2. The van der Waals surface area contributed by atoms with Gasteiger partial charge in [0.2, 0.25) is 11.8 Å². The highest BCUT2D eigenvalue weighted by molar-refractivity contribution is 5.91. The normalized spacial score (nSPS) is 10.9. The van der Waals surface area contributed by atoms with Crippen LogP contribution in [-0.4, -0.2) is 20.9 Å². The van der Waals surface area contributed by atoms with Crippen LogP contribution in [0.3, 0.4) is 0 Å². The van der Waals surface area contributed by atoms with Crippen LogP contribution in [0.15, 0.2) is 74.9 Å². The molecular weight excluding hydrogens is 436 g/mol. The van der Waals surface area contributed by atoms with E-state index in [9.17, 15) is 19.2 Å². The van der Waals surface area contributed by atoms with Gasteiger partial charge >= 0.3 is 5.69 Å². The molecule has 9 nitrogen and oxygen atoms in total. The number of hydrogen-bond donors (Lipinski definition) is 2. The second kappa shape index (κ2) is 9.62. The molecule has 174 valence electrons.